The van der Waals surface area contributed by atoms with Crippen molar-refractivity contribution in [3.63, 3.8) is 0 Å². The zero-order chi connectivity index (χ0) is 13.4. The van der Waals surface area contributed by atoms with Gasteiger partial charge < -0.3 is 15.8 Å². The van der Waals surface area contributed by atoms with E-state index in [9.17, 15) is 4.79 Å². The van der Waals surface area contributed by atoms with Gasteiger partial charge in [0.2, 0.25) is 5.91 Å². The van der Waals surface area contributed by atoms with E-state index in [2.05, 4.69) is 12.2 Å². The molecule has 0 saturated heterocycles. The Morgan fingerprint density at radius 1 is 1.44 bits per heavy atom. The second-order valence-corrected chi connectivity index (χ2v) is 5.45. The number of nitrogens with one attached hydrogen (secondary N) is 1. The van der Waals surface area contributed by atoms with E-state index in [1.165, 1.54) is 19.3 Å². The van der Waals surface area contributed by atoms with E-state index in [1.54, 1.807) is 7.11 Å². The minimum Gasteiger partial charge on any atom is -0.383 e. The van der Waals surface area contributed by atoms with Gasteiger partial charge in [-0.3, -0.25) is 4.79 Å². The Morgan fingerprint density at radius 2 is 2.22 bits per heavy atom. The molecular formula is C14H28N2O2. The van der Waals surface area contributed by atoms with Gasteiger partial charge in [0.15, 0.2) is 0 Å². The molecule has 0 heterocycles. The molecule has 1 saturated carbocycles. The van der Waals surface area contributed by atoms with Crippen LogP contribution in [0.2, 0.25) is 0 Å². The lowest BCUT2D eigenvalue weighted by Gasteiger charge is -2.30. The fraction of sp³-hybridized carbons (Fsp3) is 0.929. The Balaban J connectivity index is 2.58. The van der Waals surface area contributed by atoms with Crippen molar-refractivity contribution in [2.75, 3.05) is 20.3 Å². The van der Waals surface area contributed by atoms with Gasteiger partial charge in [-0.05, 0) is 25.2 Å². The van der Waals surface area contributed by atoms with Crippen molar-refractivity contribution in [1.29, 1.82) is 0 Å². The molecule has 106 valence electrons. The fourth-order valence-electron chi connectivity index (χ4n) is 3.01. The highest BCUT2D eigenvalue weighted by atomic mass is 16.5. The van der Waals surface area contributed by atoms with Crippen molar-refractivity contribution in [2.45, 2.75) is 57.4 Å². The highest BCUT2D eigenvalue weighted by Gasteiger charge is 2.37. The Hall–Kier alpha value is -0.610. The number of hydrogen-bond acceptors (Lipinski definition) is 3. The lowest BCUT2D eigenvalue weighted by molar-refractivity contribution is -0.125. The third-order valence-electron chi connectivity index (χ3n) is 4.13. The summed E-state index contributed by atoms with van der Waals surface area (Å²) in [6.45, 7) is 3.54. The normalized spacial score (nSPS) is 28.9. The molecule has 0 aliphatic heterocycles. The van der Waals surface area contributed by atoms with Gasteiger partial charge >= 0.3 is 0 Å². The topological polar surface area (TPSA) is 64.3 Å². The Bertz CT molecular complexity index is 258. The number of carbonyl (C=O) groups excluding carboxylic acids is 1. The van der Waals surface area contributed by atoms with E-state index in [0.717, 1.165) is 31.6 Å². The number of methoxy groups -OCH3 is 1. The molecule has 0 aromatic heterocycles. The molecule has 1 rings (SSSR count). The van der Waals surface area contributed by atoms with E-state index in [1.807, 2.05) is 0 Å². The Labute approximate surface area is 111 Å². The lowest BCUT2D eigenvalue weighted by atomic mass is 9.88. The van der Waals surface area contributed by atoms with Crippen LogP contribution in [0.5, 0.6) is 0 Å². The van der Waals surface area contributed by atoms with Crippen LogP contribution in [0.15, 0.2) is 0 Å². The maximum atomic E-state index is 11.8. The van der Waals surface area contributed by atoms with Crippen molar-refractivity contribution in [3.8, 4) is 0 Å². The van der Waals surface area contributed by atoms with Crippen LogP contribution >= 0.6 is 0 Å². The summed E-state index contributed by atoms with van der Waals surface area (Å²) < 4.78 is 5.03. The van der Waals surface area contributed by atoms with Gasteiger partial charge in [0, 0.05) is 13.7 Å². The lowest BCUT2D eigenvalue weighted by Crippen LogP contribution is -2.56. The van der Waals surface area contributed by atoms with Gasteiger partial charge in [-0.15, -0.1) is 0 Å². The standard InChI is InChI=1S/C14H28N2O2/c1-3-5-12-6-4-8-14(9-7-12,13(15)17)16-10-11-18-2/h12,16H,3-11H2,1-2H3,(H2,15,17). The first-order valence-corrected chi connectivity index (χ1v) is 7.18. The SMILES string of the molecule is CCCC1CCCC(NCCOC)(C(N)=O)CC1. The third kappa shape index (κ3) is 4.25. The number of hydrogen-bond donors (Lipinski definition) is 2. The minimum absolute atomic E-state index is 0.198. The van der Waals surface area contributed by atoms with Crippen molar-refractivity contribution < 1.29 is 9.53 Å². The number of amides is 1. The number of nitrogens with two attached hydrogens (primary N) is 1. The average Bonchev–Trinajstić information content (AvgIpc) is 2.54. The summed E-state index contributed by atoms with van der Waals surface area (Å²) in [5.74, 6) is 0.566. The molecule has 18 heavy (non-hydrogen) atoms. The number of carbonyl (C=O) groups is 1. The van der Waals surface area contributed by atoms with Gasteiger partial charge in [0.25, 0.3) is 0 Å². The summed E-state index contributed by atoms with van der Waals surface area (Å²) in [7, 11) is 1.67. The Kier molecular flexibility index (Phi) is 6.65. The van der Waals surface area contributed by atoms with Crippen LogP contribution in [0.3, 0.4) is 0 Å². The van der Waals surface area contributed by atoms with Crippen molar-refractivity contribution in [3.05, 3.63) is 0 Å². The van der Waals surface area contributed by atoms with E-state index in [-0.39, 0.29) is 5.91 Å². The number of ether oxygens (including phenoxy) is 1. The van der Waals surface area contributed by atoms with Gasteiger partial charge in [-0.1, -0.05) is 32.6 Å². The fourth-order valence-corrected chi connectivity index (χ4v) is 3.01. The molecule has 1 amide bonds. The van der Waals surface area contributed by atoms with Crippen molar-refractivity contribution >= 4 is 5.91 Å². The van der Waals surface area contributed by atoms with Crippen LogP contribution in [0.4, 0.5) is 0 Å². The monoisotopic (exact) mass is 256 g/mol. The van der Waals surface area contributed by atoms with Crippen molar-refractivity contribution in [1.82, 2.24) is 5.32 Å². The van der Waals surface area contributed by atoms with Gasteiger partial charge in [0.05, 0.1) is 12.1 Å². The maximum absolute atomic E-state index is 11.8. The molecular weight excluding hydrogens is 228 g/mol. The molecule has 0 bridgehead atoms. The largest absolute Gasteiger partial charge is 0.383 e. The minimum atomic E-state index is -0.499. The molecule has 4 heteroatoms. The smallest absolute Gasteiger partial charge is 0.237 e. The van der Waals surface area contributed by atoms with Crippen LogP contribution in [0.1, 0.15) is 51.9 Å². The molecule has 0 aromatic rings. The summed E-state index contributed by atoms with van der Waals surface area (Å²) >= 11 is 0. The van der Waals surface area contributed by atoms with Gasteiger partial charge in [-0.2, -0.15) is 0 Å². The first-order valence-electron chi connectivity index (χ1n) is 7.18. The van der Waals surface area contributed by atoms with Crippen LogP contribution in [-0.2, 0) is 9.53 Å². The van der Waals surface area contributed by atoms with E-state index >= 15 is 0 Å². The summed E-state index contributed by atoms with van der Waals surface area (Å²) in [5.41, 5.74) is 5.13. The van der Waals surface area contributed by atoms with Crippen LogP contribution < -0.4 is 11.1 Å². The molecule has 4 nitrogen and oxygen atoms in total. The molecule has 1 aliphatic carbocycles. The summed E-state index contributed by atoms with van der Waals surface area (Å²) in [5, 5.41) is 3.34. The van der Waals surface area contributed by atoms with Crippen LogP contribution in [0, 0.1) is 5.92 Å². The molecule has 3 N–H and O–H groups in total. The summed E-state index contributed by atoms with van der Waals surface area (Å²) in [6, 6.07) is 0. The molecule has 0 radical (unpaired) electrons. The molecule has 0 aromatic carbocycles. The summed E-state index contributed by atoms with van der Waals surface area (Å²) in [6.07, 6.45) is 7.67. The summed E-state index contributed by atoms with van der Waals surface area (Å²) in [4.78, 5) is 11.8. The molecule has 0 spiro atoms. The Morgan fingerprint density at radius 3 is 2.83 bits per heavy atom. The van der Waals surface area contributed by atoms with Gasteiger partial charge in [-0.25, -0.2) is 0 Å². The molecule has 1 fully saturated rings. The predicted molar refractivity (Wildman–Crippen MR) is 73.3 cm³/mol. The second-order valence-electron chi connectivity index (χ2n) is 5.45. The predicted octanol–water partition coefficient (Wildman–Crippen LogP) is 1.83. The first kappa shape index (κ1) is 15.4. The number of rotatable bonds is 7. The van der Waals surface area contributed by atoms with E-state index < -0.39 is 5.54 Å². The molecule has 2 atom stereocenters. The van der Waals surface area contributed by atoms with Gasteiger partial charge in [0.1, 0.15) is 0 Å². The number of primary amides is 1. The quantitative estimate of drug-likeness (QED) is 0.539. The van der Waals surface area contributed by atoms with E-state index in [4.69, 9.17) is 10.5 Å². The molecule has 2 unspecified atom stereocenters. The van der Waals surface area contributed by atoms with E-state index in [0.29, 0.717) is 13.2 Å². The first-order chi connectivity index (χ1) is 8.64. The zero-order valence-corrected chi connectivity index (χ0v) is 11.8. The van der Waals surface area contributed by atoms with Crippen LogP contribution in [0.25, 0.3) is 0 Å². The second kappa shape index (κ2) is 7.74. The highest BCUT2D eigenvalue weighted by molar-refractivity contribution is 5.84. The maximum Gasteiger partial charge on any atom is 0.237 e. The third-order valence-corrected chi connectivity index (χ3v) is 4.13. The van der Waals surface area contributed by atoms with Crippen molar-refractivity contribution in [2.24, 2.45) is 11.7 Å². The zero-order valence-electron chi connectivity index (χ0n) is 11.8. The highest BCUT2D eigenvalue weighted by Crippen LogP contribution is 2.32. The van der Waals surface area contributed by atoms with Crippen LogP contribution in [-0.4, -0.2) is 31.7 Å². The average molecular weight is 256 g/mol. The molecule has 1 aliphatic rings.